The highest BCUT2D eigenvalue weighted by atomic mass is 16.3. The molecule has 0 spiro atoms. The zero-order valence-corrected chi connectivity index (χ0v) is 10.9. The Balaban J connectivity index is 1.76. The molecule has 1 unspecified atom stereocenters. The molecule has 2 heteroatoms. The molecule has 96 valence electrons. The largest absolute Gasteiger partial charge is 0.469 e. The summed E-state index contributed by atoms with van der Waals surface area (Å²) in [6, 6.07) is 4.26. The molecule has 0 aromatic carbocycles. The van der Waals surface area contributed by atoms with Gasteiger partial charge in [0.25, 0.3) is 0 Å². The summed E-state index contributed by atoms with van der Waals surface area (Å²) in [5, 5.41) is 0. The molecule has 0 radical (unpaired) electrons. The van der Waals surface area contributed by atoms with Gasteiger partial charge >= 0.3 is 0 Å². The maximum atomic E-state index is 6.30. The van der Waals surface area contributed by atoms with Crippen LogP contribution in [-0.4, -0.2) is 6.04 Å². The van der Waals surface area contributed by atoms with E-state index in [0.717, 1.165) is 18.1 Å². The predicted octanol–water partition coefficient (Wildman–Crippen LogP) is 3.76. The summed E-state index contributed by atoms with van der Waals surface area (Å²) < 4.78 is 5.37. The summed E-state index contributed by atoms with van der Waals surface area (Å²) in [5.41, 5.74) is 6.30. The van der Waals surface area contributed by atoms with Crippen LogP contribution in [0.1, 0.15) is 51.2 Å². The molecule has 1 aromatic heterocycles. The third-order valence-electron chi connectivity index (χ3n) is 4.21. The Morgan fingerprint density at radius 2 is 2.12 bits per heavy atom. The van der Waals surface area contributed by atoms with E-state index in [1.54, 1.807) is 6.26 Å². The molecule has 1 aromatic rings. The van der Waals surface area contributed by atoms with Crippen molar-refractivity contribution in [2.45, 2.75) is 57.9 Å². The molecular weight excluding hydrogens is 210 g/mol. The molecule has 1 aliphatic rings. The minimum atomic E-state index is 0.281. The van der Waals surface area contributed by atoms with Crippen molar-refractivity contribution >= 4 is 0 Å². The summed E-state index contributed by atoms with van der Waals surface area (Å²) in [4.78, 5) is 0. The van der Waals surface area contributed by atoms with Crippen molar-refractivity contribution in [3.63, 3.8) is 0 Å². The van der Waals surface area contributed by atoms with E-state index in [0.29, 0.717) is 5.92 Å². The third kappa shape index (κ3) is 3.60. The molecule has 2 rings (SSSR count). The van der Waals surface area contributed by atoms with E-state index in [1.165, 1.54) is 38.5 Å². The average Bonchev–Trinajstić information content (AvgIpc) is 2.83. The fourth-order valence-electron chi connectivity index (χ4n) is 3.14. The molecule has 1 fully saturated rings. The highest BCUT2D eigenvalue weighted by Gasteiger charge is 2.25. The number of rotatable bonds is 5. The van der Waals surface area contributed by atoms with Crippen molar-refractivity contribution in [1.29, 1.82) is 0 Å². The van der Waals surface area contributed by atoms with Gasteiger partial charge in [-0.1, -0.05) is 32.6 Å². The summed E-state index contributed by atoms with van der Waals surface area (Å²) in [6.45, 7) is 2.29. The average molecular weight is 235 g/mol. The van der Waals surface area contributed by atoms with E-state index in [9.17, 15) is 0 Å². The van der Waals surface area contributed by atoms with Gasteiger partial charge in [-0.3, -0.25) is 0 Å². The lowest BCUT2D eigenvalue weighted by Crippen LogP contribution is -2.34. The van der Waals surface area contributed by atoms with Crippen molar-refractivity contribution in [1.82, 2.24) is 0 Å². The van der Waals surface area contributed by atoms with Gasteiger partial charge in [0.15, 0.2) is 0 Å². The summed E-state index contributed by atoms with van der Waals surface area (Å²) in [5.74, 6) is 2.70. The second kappa shape index (κ2) is 6.25. The number of furan rings is 1. The van der Waals surface area contributed by atoms with Crippen molar-refractivity contribution in [3.8, 4) is 0 Å². The minimum Gasteiger partial charge on any atom is -0.469 e. The number of hydrogen-bond donors (Lipinski definition) is 1. The molecule has 1 heterocycles. The summed E-state index contributed by atoms with van der Waals surface area (Å²) in [7, 11) is 0. The maximum absolute atomic E-state index is 6.30. The molecule has 0 saturated heterocycles. The van der Waals surface area contributed by atoms with Gasteiger partial charge in [-0.05, 0) is 36.8 Å². The molecule has 1 saturated carbocycles. The first kappa shape index (κ1) is 12.7. The first-order valence-corrected chi connectivity index (χ1v) is 7.07. The van der Waals surface area contributed by atoms with Crippen molar-refractivity contribution < 1.29 is 4.42 Å². The van der Waals surface area contributed by atoms with Crippen LogP contribution in [0.25, 0.3) is 0 Å². The smallest absolute Gasteiger partial charge is 0.105 e. The van der Waals surface area contributed by atoms with Crippen LogP contribution in [0.2, 0.25) is 0 Å². The highest BCUT2D eigenvalue weighted by molar-refractivity contribution is 5.01. The van der Waals surface area contributed by atoms with E-state index >= 15 is 0 Å². The topological polar surface area (TPSA) is 39.2 Å². The monoisotopic (exact) mass is 235 g/mol. The Morgan fingerprint density at radius 1 is 1.35 bits per heavy atom. The van der Waals surface area contributed by atoms with Gasteiger partial charge in [-0.15, -0.1) is 0 Å². The Hall–Kier alpha value is -0.760. The highest BCUT2D eigenvalue weighted by Crippen LogP contribution is 2.33. The zero-order valence-electron chi connectivity index (χ0n) is 10.9. The molecule has 2 nitrogen and oxygen atoms in total. The maximum Gasteiger partial charge on any atom is 0.105 e. The lowest BCUT2D eigenvalue weighted by molar-refractivity contribution is 0.229. The lowest BCUT2D eigenvalue weighted by Gasteiger charge is -2.31. The summed E-state index contributed by atoms with van der Waals surface area (Å²) >= 11 is 0. The minimum absolute atomic E-state index is 0.281. The fourth-order valence-corrected chi connectivity index (χ4v) is 3.14. The molecule has 0 aliphatic heterocycles. The van der Waals surface area contributed by atoms with E-state index in [4.69, 9.17) is 10.2 Å². The van der Waals surface area contributed by atoms with E-state index in [2.05, 4.69) is 6.92 Å². The molecule has 0 amide bonds. The van der Waals surface area contributed by atoms with E-state index < -0.39 is 0 Å². The van der Waals surface area contributed by atoms with Gasteiger partial charge in [-0.25, -0.2) is 0 Å². The Kier molecular flexibility index (Phi) is 4.66. The zero-order chi connectivity index (χ0) is 12.1. The van der Waals surface area contributed by atoms with E-state index in [-0.39, 0.29) is 6.04 Å². The van der Waals surface area contributed by atoms with Gasteiger partial charge in [0.2, 0.25) is 0 Å². The van der Waals surface area contributed by atoms with Crippen LogP contribution < -0.4 is 5.73 Å². The van der Waals surface area contributed by atoms with Crippen molar-refractivity contribution in [2.75, 3.05) is 0 Å². The van der Waals surface area contributed by atoms with Crippen molar-refractivity contribution in [3.05, 3.63) is 24.2 Å². The molecule has 2 N–H and O–H groups in total. The number of nitrogens with two attached hydrogens (primary N) is 1. The van der Waals surface area contributed by atoms with Gasteiger partial charge in [0, 0.05) is 12.5 Å². The van der Waals surface area contributed by atoms with Crippen LogP contribution >= 0.6 is 0 Å². The molecule has 17 heavy (non-hydrogen) atoms. The van der Waals surface area contributed by atoms with Gasteiger partial charge < -0.3 is 10.2 Å². The molecule has 1 aliphatic carbocycles. The quantitative estimate of drug-likeness (QED) is 0.844. The van der Waals surface area contributed by atoms with E-state index in [1.807, 2.05) is 12.1 Å². The second-order valence-corrected chi connectivity index (χ2v) is 5.52. The molecular formula is C15H25NO. The van der Waals surface area contributed by atoms with Crippen LogP contribution in [0, 0.1) is 11.8 Å². The predicted molar refractivity (Wildman–Crippen MR) is 70.7 cm³/mol. The van der Waals surface area contributed by atoms with Gasteiger partial charge in [-0.2, -0.15) is 0 Å². The first-order chi connectivity index (χ1) is 8.29. The SMILES string of the molecule is CCCC1CCC(C(N)Cc2ccco2)CC1. The van der Waals surface area contributed by atoms with Crippen molar-refractivity contribution in [2.24, 2.45) is 17.6 Å². The Labute approximate surface area is 105 Å². The lowest BCUT2D eigenvalue weighted by atomic mass is 9.76. The van der Waals surface area contributed by atoms with Crippen LogP contribution in [0.15, 0.2) is 22.8 Å². The summed E-state index contributed by atoms with van der Waals surface area (Å²) in [6.07, 6.45) is 10.7. The normalized spacial score (nSPS) is 26.9. The van der Waals surface area contributed by atoms with Gasteiger partial charge in [0.05, 0.1) is 6.26 Å². The fraction of sp³-hybridized carbons (Fsp3) is 0.733. The third-order valence-corrected chi connectivity index (χ3v) is 4.21. The van der Waals surface area contributed by atoms with Crippen LogP contribution in [0.5, 0.6) is 0 Å². The standard InChI is InChI=1S/C15H25NO/c1-2-4-12-6-8-13(9-7-12)15(16)11-14-5-3-10-17-14/h3,5,10,12-13,15H,2,4,6-9,11,16H2,1H3. The van der Waals surface area contributed by atoms with Gasteiger partial charge in [0.1, 0.15) is 5.76 Å². The van der Waals surface area contributed by atoms with Crippen LogP contribution in [-0.2, 0) is 6.42 Å². The second-order valence-electron chi connectivity index (χ2n) is 5.52. The van der Waals surface area contributed by atoms with Crippen LogP contribution in [0.3, 0.4) is 0 Å². The number of hydrogen-bond acceptors (Lipinski definition) is 2. The first-order valence-electron chi connectivity index (χ1n) is 7.07. The Bertz CT molecular complexity index is 299. The molecule has 0 bridgehead atoms. The molecule has 1 atom stereocenters. The van der Waals surface area contributed by atoms with Crippen LogP contribution in [0.4, 0.5) is 0 Å². The Morgan fingerprint density at radius 3 is 2.71 bits per heavy atom.